The van der Waals surface area contributed by atoms with Crippen LogP contribution in [0.2, 0.25) is 0 Å². The SMILES string of the molecule is CO[C@H]1CCN(S(=O)(=O)c2cccc(C(=O)NCC(F)(F)F)c2)C1. The molecule has 1 amide bonds. The Morgan fingerprint density at radius 2 is 2.12 bits per heavy atom. The number of hydrogen-bond acceptors (Lipinski definition) is 4. The summed E-state index contributed by atoms with van der Waals surface area (Å²) in [6.45, 7) is -1.00. The molecule has 1 saturated heterocycles. The highest BCUT2D eigenvalue weighted by molar-refractivity contribution is 7.89. The van der Waals surface area contributed by atoms with Gasteiger partial charge in [0.25, 0.3) is 5.91 Å². The van der Waals surface area contributed by atoms with Crippen molar-refractivity contribution in [2.45, 2.75) is 23.6 Å². The number of benzene rings is 1. The number of carbonyl (C=O) groups is 1. The summed E-state index contributed by atoms with van der Waals surface area (Å²) in [5.74, 6) is -0.986. The fourth-order valence-corrected chi connectivity index (χ4v) is 3.87. The maximum Gasteiger partial charge on any atom is 0.405 e. The van der Waals surface area contributed by atoms with Gasteiger partial charge in [-0.1, -0.05) is 6.07 Å². The second kappa shape index (κ2) is 7.08. The van der Waals surface area contributed by atoms with Crippen molar-refractivity contribution in [3.05, 3.63) is 29.8 Å². The van der Waals surface area contributed by atoms with Gasteiger partial charge in [-0.25, -0.2) is 8.42 Å². The molecular weight excluding hydrogens is 349 g/mol. The van der Waals surface area contributed by atoms with Gasteiger partial charge in [0.15, 0.2) is 0 Å². The van der Waals surface area contributed by atoms with Crippen molar-refractivity contribution in [1.29, 1.82) is 0 Å². The fourth-order valence-electron chi connectivity index (χ4n) is 2.34. The van der Waals surface area contributed by atoms with Crippen molar-refractivity contribution in [3.8, 4) is 0 Å². The van der Waals surface area contributed by atoms with E-state index in [1.165, 1.54) is 29.6 Å². The van der Waals surface area contributed by atoms with Crippen molar-refractivity contribution in [3.63, 3.8) is 0 Å². The summed E-state index contributed by atoms with van der Waals surface area (Å²) in [5.41, 5.74) is -0.150. The minimum Gasteiger partial charge on any atom is -0.380 e. The van der Waals surface area contributed by atoms with Gasteiger partial charge in [0.1, 0.15) is 6.54 Å². The highest BCUT2D eigenvalue weighted by Gasteiger charge is 2.33. The molecule has 10 heteroatoms. The number of methoxy groups -OCH3 is 1. The van der Waals surface area contributed by atoms with Gasteiger partial charge < -0.3 is 10.1 Å². The Bertz CT molecular complexity index is 706. The number of alkyl halides is 3. The van der Waals surface area contributed by atoms with Crippen molar-refractivity contribution in [2.24, 2.45) is 0 Å². The topological polar surface area (TPSA) is 75.7 Å². The fraction of sp³-hybridized carbons (Fsp3) is 0.500. The molecule has 2 rings (SSSR count). The summed E-state index contributed by atoms with van der Waals surface area (Å²) in [6.07, 6.45) is -4.18. The molecule has 1 fully saturated rings. The van der Waals surface area contributed by atoms with Gasteiger partial charge in [-0.3, -0.25) is 4.79 Å². The zero-order chi connectivity index (χ0) is 18.0. The molecule has 0 bridgehead atoms. The largest absolute Gasteiger partial charge is 0.405 e. The molecule has 134 valence electrons. The van der Waals surface area contributed by atoms with E-state index in [0.717, 1.165) is 6.07 Å². The van der Waals surface area contributed by atoms with Crippen LogP contribution in [0.5, 0.6) is 0 Å². The first-order chi connectivity index (χ1) is 11.1. The minimum absolute atomic E-state index is 0.140. The average Bonchev–Trinajstić information content (AvgIpc) is 3.02. The first-order valence-electron chi connectivity index (χ1n) is 7.11. The molecule has 0 aromatic heterocycles. The van der Waals surface area contributed by atoms with Crippen LogP contribution < -0.4 is 5.32 Å². The maximum atomic E-state index is 12.5. The third-order valence-corrected chi connectivity index (χ3v) is 5.49. The molecule has 1 aliphatic heterocycles. The van der Waals surface area contributed by atoms with E-state index in [4.69, 9.17) is 4.74 Å². The molecule has 24 heavy (non-hydrogen) atoms. The summed E-state index contributed by atoms with van der Waals surface area (Å²) in [4.78, 5) is 11.6. The van der Waals surface area contributed by atoms with Crippen LogP contribution in [0.25, 0.3) is 0 Å². The second-order valence-corrected chi connectivity index (χ2v) is 7.27. The molecule has 0 spiro atoms. The Morgan fingerprint density at radius 3 is 2.71 bits per heavy atom. The first kappa shape index (κ1) is 18.7. The molecule has 1 aliphatic rings. The van der Waals surface area contributed by atoms with E-state index in [9.17, 15) is 26.4 Å². The summed E-state index contributed by atoms with van der Waals surface area (Å²) in [5, 5.41) is 1.71. The van der Waals surface area contributed by atoms with Crippen LogP contribution in [0.15, 0.2) is 29.2 Å². The Balaban J connectivity index is 2.16. The standard InChI is InChI=1S/C14H17F3N2O4S/c1-23-11-5-6-19(8-11)24(21,22)12-4-2-3-10(7-12)13(20)18-9-14(15,16)17/h2-4,7,11H,5-6,8-9H2,1H3,(H,18,20)/t11-/m0/s1. The van der Waals surface area contributed by atoms with Gasteiger partial charge in [0, 0.05) is 25.8 Å². The zero-order valence-corrected chi connectivity index (χ0v) is 13.7. The molecular formula is C14H17F3N2O4S. The minimum atomic E-state index is -4.54. The highest BCUT2D eigenvalue weighted by atomic mass is 32.2. The number of rotatable bonds is 5. The summed E-state index contributed by atoms with van der Waals surface area (Å²) in [6, 6.07) is 4.95. The second-order valence-electron chi connectivity index (χ2n) is 5.34. The lowest BCUT2D eigenvalue weighted by Gasteiger charge is -2.17. The number of nitrogens with one attached hydrogen (secondary N) is 1. The van der Waals surface area contributed by atoms with E-state index in [1.807, 2.05) is 0 Å². The molecule has 0 radical (unpaired) electrons. The van der Waals surface area contributed by atoms with Gasteiger partial charge in [0.05, 0.1) is 11.0 Å². The molecule has 0 aliphatic carbocycles. The van der Waals surface area contributed by atoms with Gasteiger partial charge in [-0.2, -0.15) is 17.5 Å². The van der Waals surface area contributed by atoms with E-state index < -0.39 is 28.7 Å². The number of ether oxygens (including phenoxy) is 1. The van der Waals surface area contributed by atoms with E-state index >= 15 is 0 Å². The molecule has 0 saturated carbocycles. The van der Waals surface area contributed by atoms with Crippen LogP contribution in [0.4, 0.5) is 13.2 Å². The highest BCUT2D eigenvalue weighted by Crippen LogP contribution is 2.23. The number of hydrogen-bond donors (Lipinski definition) is 1. The smallest absolute Gasteiger partial charge is 0.380 e. The Hall–Kier alpha value is -1.65. The average molecular weight is 366 g/mol. The quantitative estimate of drug-likeness (QED) is 0.855. The van der Waals surface area contributed by atoms with Crippen molar-refractivity contribution >= 4 is 15.9 Å². The predicted octanol–water partition coefficient (Wildman–Crippen LogP) is 1.39. The van der Waals surface area contributed by atoms with E-state index in [-0.39, 0.29) is 29.7 Å². The molecule has 0 unspecified atom stereocenters. The van der Waals surface area contributed by atoms with Gasteiger partial charge in [-0.15, -0.1) is 0 Å². The number of amides is 1. The number of nitrogens with zero attached hydrogens (tertiary/aromatic N) is 1. The third kappa shape index (κ3) is 4.46. The Morgan fingerprint density at radius 1 is 1.42 bits per heavy atom. The first-order valence-corrected chi connectivity index (χ1v) is 8.55. The number of carbonyl (C=O) groups excluding carboxylic acids is 1. The van der Waals surface area contributed by atoms with Crippen LogP contribution in [0.3, 0.4) is 0 Å². The molecule has 6 nitrogen and oxygen atoms in total. The summed E-state index contributed by atoms with van der Waals surface area (Å²) in [7, 11) is -2.34. The number of sulfonamides is 1. The molecule has 1 aromatic carbocycles. The van der Waals surface area contributed by atoms with Crippen molar-refractivity contribution < 1.29 is 31.1 Å². The Labute approximate surface area is 137 Å². The maximum absolute atomic E-state index is 12.5. The van der Waals surface area contributed by atoms with Gasteiger partial charge in [0.2, 0.25) is 10.0 Å². The lowest BCUT2D eigenvalue weighted by molar-refractivity contribution is -0.123. The van der Waals surface area contributed by atoms with Crippen molar-refractivity contribution in [1.82, 2.24) is 9.62 Å². The Kier molecular flexibility index (Phi) is 5.51. The predicted molar refractivity (Wildman–Crippen MR) is 79.0 cm³/mol. The molecule has 1 N–H and O–H groups in total. The van der Waals surface area contributed by atoms with Crippen LogP contribution in [0, 0.1) is 0 Å². The van der Waals surface area contributed by atoms with Gasteiger partial charge in [-0.05, 0) is 24.6 Å². The van der Waals surface area contributed by atoms with E-state index in [0.29, 0.717) is 6.42 Å². The normalized spacial score (nSPS) is 19.4. The molecule has 1 heterocycles. The monoisotopic (exact) mass is 366 g/mol. The van der Waals surface area contributed by atoms with Crippen molar-refractivity contribution in [2.75, 3.05) is 26.7 Å². The number of halogens is 3. The molecule has 1 atom stereocenters. The summed E-state index contributed by atoms with van der Waals surface area (Å²) < 4.78 is 67.9. The van der Waals surface area contributed by atoms with Crippen LogP contribution in [0.1, 0.15) is 16.8 Å². The van der Waals surface area contributed by atoms with Crippen LogP contribution >= 0.6 is 0 Å². The van der Waals surface area contributed by atoms with E-state index in [1.54, 1.807) is 5.32 Å². The zero-order valence-electron chi connectivity index (χ0n) is 12.8. The van der Waals surface area contributed by atoms with Gasteiger partial charge >= 0.3 is 6.18 Å². The van der Waals surface area contributed by atoms with Crippen LogP contribution in [-0.4, -0.2) is 57.7 Å². The summed E-state index contributed by atoms with van der Waals surface area (Å²) >= 11 is 0. The van der Waals surface area contributed by atoms with E-state index in [2.05, 4.69) is 0 Å². The molecule has 1 aromatic rings. The lowest BCUT2D eigenvalue weighted by Crippen LogP contribution is -2.34. The third-order valence-electron chi connectivity index (χ3n) is 3.62. The van der Waals surface area contributed by atoms with Crippen LogP contribution in [-0.2, 0) is 14.8 Å². The lowest BCUT2D eigenvalue weighted by atomic mass is 10.2.